The Hall–Kier alpha value is -1.83. The van der Waals surface area contributed by atoms with Crippen molar-refractivity contribution in [1.82, 2.24) is 15.5 Å². The van der Waals surface area contributed by atoms with Crippen molar-refractivity contribution in [2.24, 2.45) is 4.99 Å². The number of rotatable bonds is 12. The van der Waals surface area contributed by atoms with Gasteiger partial charge in [-0.2, -0.15) is 0 Å². The van der Waals surface area contributed by atoms with Crippen molar-refractivity contribution in [3.63, 3.8) is 0 Å². The molecule has 7 heteroatoms. The van der Waals surface area contributed by atoms with Crippen molar-refractivity contribution in [3.05, 3.63) is 29.8 Å². The zero-order valence-electron chi connectivity index (χ0n) is 18.3. The Labute approximate surface area is 175 Å². The molecule has 0 saturated carbocycles. The number of ether oxygens (including phenoxy) is 3. The smallest absolute Gasteiger partial charge is 0.191 e. The normalized spacial score (nSPS) is 16.4. The van der Waals surface area contributed by atoms with Crippen LogP contribution in [0.3, 0.4) is 0 Å². The van der Waals surface area contributed by atoms with E-state index in [1.54, 1.807) is 14.2 Å². The molecule has 29 heavy (non-hydrogen) atoms. The number of nitrogens with one attached hydrogen (secondary N) is 2. The maximum absolute atomic E-state index is 5.52. The van der Waals surface area contributed by atoms with E-state index in [0.717, 1.165) is 31.3 Å². The molecule has 0 aliphatic carbocycles. The molecule has 1 heterocycles. The van der Waals surface area contributed by atoms with Gasteiger partial charge < -0.3 is 24.8 Å². The first kappa shape index (κ1) is 23.4. The number of guanidine groups is 1. The second-order valence-electron chi connectivity index (χ2n) is 7.14. The van der Waals surface area contributed by atoms with Gasteiger partial charge in [0.05, 0.1) is 39.5 Å². The standard InChI is InChI=1S/C22H38N4O3/c1-4-23-22(24-12-15-29-17-16-27-2)25-18-21(26-13-6-5-7-14-26)19-8-10-20(28-3)11-9-19/h8-11,21H,4-7,12-18H2,1-3H3,(H2,23,24,25). The molecule has 1 saturated heterocycles. The maximum atomic E-state index is 5.52. The minimum atomic E-state index is 0.273. The molecule has 164 valence electrons. The quantitative estimate of drug-likeness (QED) is 0.316. The van der Waals surface area contributed by atoms with E-state index in [-0.39, 0.29) is 6.04 Å². The van der Waals surface area contributed by atoms with Crippen LogP contribution in [0.4, 0.5) is 0 Å². The third-order valence-corrected chi connectivity index (χ3v) is 5.07. The molecular formula is C22H38N4O3. The van der Waals surface area contributed by atoms with Gasteiger partial charge in [-0.1, -0.05) is 18.6 Å². The number of hydrogen-bond acceptors (Lipinski definition) is 5. The van der Waals surface area contributed by atoms with Gasteiger partial charge in [-0.25, -0.2) is 0 Å². The van der Waals surface area contributed by atoms with Crippen molar-refractivity contribution in [3.8, 4) is 5.75 Å². The number of nitrogens with zero attached hydrogens (tertiary/aromatic N) is 2. The first-order valence-corrected chi connectivity index (χ1v) is 10.7. The summed E-state index contributed by atoms with van der Waals surface area (Å²) in [5.74, 6) is 1.72. The highest BCUT2D eigenvalue weighted by Crippen LogP contribution is 2.26. The van der Waals surface area contributed by atoms with Crippen molar-refractivity contribution in [1.29, 1.82) is 0 Å². The number of piperidine rings is 1. The summed E-state index contributed by atoms with van der Waals surface area (Å²) in [6.07, 6.45) is 3.84. The molecule has 2 rings (SSSR count). The van der Waals surface area contributed by atoms with Gasteiger partial charge in [0.25, 0.3) is 0 Å². The topological polar surface area (TPSA) is 67.4 Å². The van der Waals surface area contributed by atoms with Gasteiger partial charge in [0.2, 0.25) is 0 Å². The average Bonchev–Trinajstić information content (AvgIpc) is 2.77. The van der Waals surface area contributed by atoms with E-state index in [4.69, 9.17) is 19.2 Å². The Kier molecular flexibility index (Phi) is 11.5. The molecule has 1 fully saturated rings. The van der Waals surface area contributed by atoms with Gasteiger partial charge in [-0.15, -0.1) is 0 Å². The zero-order valence-corrected chi connectivity index (χ0v) is 18.3. The number of benzene rings is 1. The van der Waals surface area contributed by atoms with Crippen LogP contribution in [0.25, 0.3) is 0 Å². The Morgan fingerprint density at radius 1 is 1.03 bits per heavy atom. The Bertz CT molecular complexity index is 574. The second-order valence-corrected chi connectivity index (χ2v) is 7.14. The molecule has 1 aromatic rings. The molecule has 1 unspecified atom stereocenters. The largest absolute Gasteiger partial charge is 0.497 e. The fourth-order valence-corrected chi connectivity index (χ4v) is 3.49. The summed E-state index contributed by atoms with van der Waals surface area (Å²) in [6, 6.07) is 8.68. The average molecular weight is 407 g/mol. The van der Waals surface area contributed by atoms with Crippen molar-refractivity contribution in [2.45, 2.75) is 32.2 Å². The molecule has 2 N–H and O–H groups in total. The van der Waals surface area contributed by atoms with E-state index < -0.39 is 0 Å². The summed E-state index contributed by atoms with van der Waals surface area (Å²) >= 11 is 0. The van der Waals surface area contributed by atoms with Crippen LogP contribution in [0, 0.1) is 0 Å². The van der Waals surface area contributed by atoms with E-state index >= 15 is 0 Å². The molecule has 0 spiro atoms. The van der Waals surface area contributed by atoms with Gasteiger partial charge in [0.1, 0.15) is 5.75 Å². The predicted octanol–water partition coefficient (Wildman–Crippen LogP) is 2.44. The Balaban J connectivity index is 1.99. The van der Waals surface area contributed by atoms with E-state index in [9.17, 15) is 0 Å². The zero-order chi connectivity index (χ0) is 20.7. The van der Waals surface area contributed by atoms with Gasteiger partial charge >= 0.3 is 0 Å². The molecule has 0 aromatic heterocycles. The first-order chi connectivity index (χ1) is 14.3. The Morgan fingerprint density at radius 3 is 2.45 bits per heavy atom. The minimum Gasteiger partial charge on any atom is -0.497 e. The lowest BCUT2D eigenvalue weighted by molar-refractivity contribution is 0.0733. The number of aliphatic imine (C=N–C) groups is 1. The number of hydrogen-bond donors (Lipinski definition) is 2. The highest BCUT2D eigenvalue weighted by atomic mass is 16.5. The van der Waals surface area contributed by atoms with Crippen LogP contribution in [0.5, 0.6) is 5.75 Å². The first-order valence-electron chi connectivity index (χ1n) is 10.7. The van der Waals surface area contributed by atoms with Gasteiger partial charge in [0, 0.05) is 20.2 Å². The highest BCUT2D eigenvalue weighted by Gasteiger charge is 2.22. The molecule has 1 aliphatic heterocycles. The van der Waals surface area contributed by atoms with Gasteiger partial charge in [-0.3, -0.25) is 9.89 Å². The summed E-state index contributed by atoms with van der Waals surface area (Å²) in [5, 5.41) is 6.69. The van der Waals surface area contributed by atoms with E-state index in [1.807, 2.05) is 12.1 Å². The lowest BCUT2D eigenvalue weighted by atomic mass is 10.0. The summed E-state index contributed by atoms with van der Waals surface area (Å²) in [6.45, 7) is 8.45. The molecule has 0 amide bonds. The maximum Gasteiger partial charge on any atom is 0.191 e. The monoisotopic (exact) mass is 406 g/mol. The molecule has 7 nitrogen and oxygen atoms in total. The third kappa shape index (κ3) is 8.60. The molecule has 0 radical (unpaired) electrons. The van der Waals surface area contributed by atoms with Gasteiger partial charge in [0.15, 0.2) is 5.96 Å². The fourth-order valence-electron chi connectivity index (χ4n) is 3.49. The fraction of sp³-hybridized carbons (Fsp3) is 0.682. The highest BCUT2D eigenvalue weighted by molar-refractivity contribution is 5.79. The summed E-state index contributed by atoms with van der Waals surface area (Å²) in [5.41, 5.74) is 1.29. The van der Waals surface area contributed by atoms with E-state index in [0.29, 0.717) is 32.9 Å². The van der Waals surface area contributed by atoms with Crippen LogP contribution in [-0.2, 0) is 9.47 Å². The van der Waals surface area contributed by atoms with E-state index in [1.165, 1.54) is 24.8 Å². The predicted molar refractivity (Wildman–Crippen MR) is 118 cm³/mol. The van der Waals surface area contributed by atoms with Crippen LogP contribution in [-0.4, -0.2) is 77.6 Å². The number of likely N-dealkylation sites (tertiary alicyclic amines) is 1. The Morgan fingerprint density at radius 2 is 1.79 bits per heavy atom. The summed E-state index contributed by atoms with van der Waals surface area (Å²) < 4.78 is 15.8. The lowest BCUT2D eigenvalue weighted by Crippen LogP contribution is -2.40. The summed E-state index contributed by atoms with van der Waals surface area (Å²) in [4.78, 5) is 7.44. The van der Waals surface area contributed by atoms with Crippen molar-refractivity contribution < 1.29 is 14.2 Å². The van der Waals surface area contributed by atoms with Crippen LogP contribution >= 0.6 is 0 Å². The summed E-state index contributed by atoms with van der Waals surface area (Å²) in [7, 11) is 3.38. The van der Waals surface area contributed by atoms with Crippen LogP contribution < -0.4 is 15.4 Å². The molecule has 1 aromatic carbocycles. The molecule has 0 bridgehead atoms. The van der Waals surface area contributed by atoms with Crippen LogP contribution in [0.2, 0.25) is 0 Å². The van der Waals surface area contributed by atoms with Crippen molar-refractivity contribution in [2.75, 3.05) is 66.8 Å². The molecule has 1 atom stereocenters. The second kappa shape index (κ2) is 14.2. The van der Waals surface area contributed by atoms with Crippen LogP contribution in [0.15, 0.2) is 29.3 Å². The lowest BCUT2D eigenvalue weighted by Gasteiger charge is -2.34. The SMILES string of the molecule is CCNC(=NCC(c1ccc(OC)cc1)N1CCCCC1)NCCOCCOC. The van der Waals surface area contributed by atoms with Crippen molar-refractivity contribution >= 4 is 5.96 Å². The molecule has 1 aliphatic rings. The van der Waals surface area contributed by atoms with Crippen LogP contribution in [0.1, 0.15) is 37.8 Å². The third-order valence-electron chi connectivity index (χ3n) is 5.07. The molecular weight excluding hydrogens is 368 g/mol. The van der Waals surface area contributed by atoms with E-state index in [2.05, 4.69) is 34.6 Å². The minimum absolute atomic E-state index is 0.273. The number of methoxy groups -OCH3 is 2. The van der Waals surface area contributed by atoms with Gasteiger partial charge in [-0.05, 0) is 50.6 Å².